The van der Waals surface area contributed by atoms with Crippen LogP contribution in [0.25, 0.3) is 0 Å². The fourth-order valence-electron chi connectivity index (χ4n) is 3.21. The topological polar surface area (TPSA) is 94.2 Å². The molecule has 0 unspecified atom stereocenters. The van der Waals surface area contributed by atoms with Crippen LogP contribution in [0, 0.1) is 6.92 Å². The Labute approximate surface area is 204 Å². The third-order valence-corrected chi connectivity index (χ3v) is 5.24. The Morgan fingerprint density at radius 3 is 2.46 bits per heavy atom. The van der Waals surface area contributed by atoms with Crippen molar-refractivity contribution in [3.63, 3.8) is 0 Å². The number of hydrogen-bond donors (Lipinski definition) is 1. The number of esters is 1. The molecule has 182 valence electrons. The summed E-state index contributed by atoms with van der Waals surface area (Å²) >= 11 is 0. The number of nitrogens with zero attached hydrogens (tertiary/aromatic N) is 1. The van der Waals surface area contributed by atoms with E-state index in [2.05, 4.69) is 5.32 Å². The number of amides is 2. The van der Waals surface area contributed by atoms with Gasteiger partial charge in [-0.15, -0.1) is 0 Å². The van der Waals surface area contributed by atoms with Crippen molar-refractivity contribution in [1.82, 2.24) is 4.90 Å². The molecule has 35 heavy (non-hydrogen) atoms. The van der Waals surface area contributed by atoms with Crippen LogP contribution in [-0.4, -0.2) is 50.0 Å². The summed E-state index contributed by atoms with van der Waals surface area (Å²) in [7, 11) is 2.99. The van der Waals surface area contributed by atoms with Crippen molar-refractivity contribution >= 4 is 23.5 Å². The number of nitrogens with one attached hydrogen (secondary N) is 1. The highest BCUT2D eigenvalue weighted by Gasteiger charge is 2.19. The van der Waals surface area contributed by atoms with E-state index in [1.807, 2.05) is 31.2 Å². The number of rotatable bonds is 10. The molecule has 8 nitrogen and oxygen atoms in total. The first-order valence-corrected chi connectivity index (χ1v) is 11.0. The molecule has 0 fully saturated rings. The zero-order valence-corrected chi connectivity index (χ0v) is 19.9. The lowest BCUT2D eigenvalue weighted by Gasteiger charge is -2.17. The Morgan fingerprint density at radius 1 is 0.943 bits per heavy atom. The van der Waals surface area contributed by atoms with Gasteiger partial charge < -0.3 is 24.4 Å². The molecule has 0 saturated heterocycles. The van der Waals surface area contributed by atoms with Crippen molar-refractivity contribution in [2.75, 3.05) is 32.6 Å². The van der Waals surface area contributed by atoms with Gasteiger partial charge in [0.15, 0.2) is 6.61 Å². The first kappa shape index (κ1) is 25.3. The normalized spacial score (nSPS) is 10.3. The van der Waals surface area contributed by atoms with E-state index >= 15 is 0 Å². The molecule has 0 aromatic heterocycles. The van der Waals surface area contributed by atoms with Crippen LogP contribution in [0.1, 0.15) is 21.5 Å². The molecule has 8 heteroatoms. The summed E-state index contributed by atoms with van der Waals surface area (Å²) in [4.78, 5) is 38.5. The van der Waals surface area contributed by atoms with Gasteiger partial charge >= 0.3 is 5.97 Å². The minimum Gasteiger partial charge on any atom is -0.497 e. The first-order chi connectivity index (χ1) is 16.9. The molecule has 0 bridgehead atoms. The molecule has 0 aliphatic carbocycles. The SMILES string of the molecule is COc1cccc(NC(=O)CN(C)C(=O)COC(=O)c2ccccc2OCc2ccccc2C)c1. The molecule has 0 aliphatic rings. The van der Waals surface area contributed by atoms with Gasteiger partial charge in [-0.25, -0.2) is 4.79 Å². The molecule has 0 atom stereocenters. The molecule has 0 saturated carbocycles. The predicted molar refractivity (Wildman–Crippen MR) is 131 cm³/mol. The Balaban J connectivity index is 1.51. The fourth-order valence-corrected chi connectivity index (χ4v) is 3.21. The molecule has 0 spiro atoms. The smallest absolute Gasteiger partial charge is 0.342 e. The number of benzene rings is 3. The van der Waals surface area contributed by atoms with E-state index < -0.39 is 24.4 Å². The van der Waals surface area contributed by atoms with Crippen LogP contribution in [0.15, 0.2) is 72.8 Å². The Bertz CT molecular complexity index is 1190. The molecule has 3 aromatic carbocycles. The maximum absolute atomic E-state index is 12.6. The average Bonchev–Trinajstić information content (AvgIpc) is 2.86. The third-order valence-electron chi connectivity index (χ3n) is 5.24. The zero-order chi connectivity index (χ0) is 25.2. The van der Waals surface area contributed by atoms with E-state index in [9.17, 15) is 14.4 Å². The standard InChI is InChI=1S/C27H28N2O6/c1-19-9-4-5-10-20(19)17-34-24-14-7-6-13-23(24)27(32)35-18-26(31)29(2)16-25(30)28-21-11-8-12-22(15-21)33-3/h4-15H,16-18H2,1-3H3,(H,28,30). The second kappa shape index (κ2) is 12.2. The summed E-state index contributed by atoms with van der Waals surface area (Å²) < 4.78 is 16.2. The van der Waals surface area contributed by atoms with Crippen molar-refractivity contribution in [2.45, 2.75) is 13.5 Å². The minimum absolute atomic E-state index is 0.205. The van der Waals surface area contributed by atoms with Crippen molar-refractivity contribution in [1.29, 1.82) is 0 Å². The fraction of sp³-hybridized carbons (Fsp3) is 0.222. The van der Waals surface area contributed by atoms with E-state index in [4.69, 9.17) is 14.2 Å². The number of methoxy groups -OCH3 is 1. The van der Waals surface area contributed by atoms with Crippen LogP contribution >= 0.6 is 0 Å². The van der Waals surface area contributed by atoms with Gasteiger partial charge in [0.2, 0.25) is 5.91 Å². The number of likely N-dealkylation sites (N-methyl/N-ethyl adjacent to an activating group) is 1. The summed E-state index contributed by atoms with van der Waals surface area (Å²) in [6.45, 7) is 1.57. The van der Waals surface area contributed by atoms with Gasteiger partial charge in [0.05, 0.1) is 13.7 Å². The lowest BCUT2D eigenvalue weighted by atomic mass is 10.1. The molecule has 3 aromatic rings. The molecule has 1 N–H and O–H groups in total. The van der Waals surface area contributed by atoms with Crippen LogP contribution in [0.3, 0.4) is 0 Å². The van der Waals surface area contributed by atoms with E-state index in [0.717, 1.165) is 11.1 Å². The number of carbonyl (C=O) groups is 3. The van der Waals surface area contributed by atoms with Crippen molar-refractivity contribution < 1.29 is 28.6 Å². The van der Waals surface area contributed by atoms with Crippen LogP contribution in [0.5, 0.6) is 11.5 Å². The van der Waals surface area contributed by atoms with E-state index in [-0.39, 0.29) is 12.1 Å². The summed E-state index contributed by atoms with van der Waals surface area (Å²) in [6, 6.07) is 21.4. The van der Waals surface area contributed by atoms with Crippen molar-refractivity contribution in [3.8, 4) is 11.5 Å². The van der Waals surface area contributed by atoms with Gasteiger partial charge in [0.25, 0.3) is 5.91 Å². The molecular weight excluding hydrogens is 448 g/mol. The third kappa shape index (κ3) is 7.33. The summed E-state index contributed by atoms with van der Waals surface area (Å²) in [5.41, 5.74) is 2.84. The lowest BCUT2D eigenvalue weighted by Crippen LogP contribution is -2.37. The highest BCUT2D eigenvalue weighted by Crippen LogP contribution is 2.21. The first-order valence-electron chi connectivity index (χ1n) is 11.0. The van der Waals surface area contributed by atoms with Crippen molar-refractivity contribution in [2.24, 2.45) is 0 Å². The summed E-state index contributed by atoms with van der Waals surface area (Å²) in [6.07, 6.45) is 0. The van der Waals surface area contributed by atoms with E-state index in [1.165, 1.54) is 19.1 Å². The number of anilines is 1. The molecule has 3 rings (SSSR count). The van der Waals surface area contributed by atoms with Crippen LogP contribution in [0.4, 0.5) is 5.69 Å². The Hall–Kier alpha value is -4.33. The average molecular weight is 477 g/mol. The molecule has 2 amide bonds. The number of ether oxygens (including phenoxy) is 3. The largest absolute Gasteiger partial charge is 0.497 e. The summed E-state index contributed by atoms with van der Waals surface area (Å²) in [5, 5.41) is 2.69. The minimum atomic E-state index is -0.687. The second-order valence-corrected chi connectivity index (χ2v) is 7.82. The molecule has 0 aliphatic heterocycles. The van der Waals surface area contributed by atoms with Crippen molar-refractivity contribution in [3.05, 3.63) is 89.5 Å². The van der Waals surface area contributed by atoms with Gasteiger partial charge in [0.1, 0.15) is 23.7 Å². The van der Waals surface area contributed by atoms with Gasteiger partial charge in [-0.3, -0.25) is 9.59 Å². The quantitative estimate of drug-likeness (QED) is 0.447. The van der Waals surface area contributed by atoms with E-state index in [0.29, 0.717) is 23.8 Å². The number of carbonyl (C=O) groups excluding carboxylic acids is 3. The van der Waals surface area contributed by atoms with Gasteiger partial charge in [-0.2, -0.15) is 0 Å². The molecule has 0 radical (unpaired) electrons. The zero-order valence-electron chi connectivity index (χ0n) is 19.9. The lowest BCUT2D eigenvalue weighted by molar-refractivity contribution is -0.136. The maximum atomic E-state index is 12.6. The Morgan fingerprint density at radius 2 is 1.69 bits per heavy atom. The molecular formula is C27H28N2O6. The highest BCUT2D eigenvalue weighted by molar-refractivity contribution is 5.96. The Kier molecular flexibility index (Phi) is 8.83. The van der Waals surface area contributed by atoms with E-state index in [1.54, 1.807) is 48.5 Å². The van der Waals surface area contributed by atoms with Crippen LogP contribution in [0.2, 0.25) is 0 Å². The van der Waals surface area contributed by atoms with Crippen LogP contribution < -0.4 is 14.8 Å². The molecule has 0 heterocycles. The van der Waals surface area contributed by atoms with Gasteiger partial charge in [-0.05, 0) is 42.3 Å². The van der Waals surface area contributed by atoms with Gasteiger partial charge in [0, 0.05) is 18.8 Å². The maximum Gasteiger partial charge on any atom is 0.342 e. The van der Waals surface area contributed by atoms with Crippen LogP contribution in [-0.2, 0) is 20.9 Å². The highest BCUT2D eigenvalue weighted by atomic mass is 16.5. The second-order valence-electron chi connectivity index (χ2n) is 7.82. The summed E-state index contributed by atoms with van der Waals surface area (Å²) in [5.74, 6) is -0.637. The van der Waals surface area contributed by atoms with Gasteiger partial charge in [-0.1, -0.05) is 42.5 Å². The predicted octanol–water partition coefficient (Wildman–Crippen LogP) is 3.84. The number of hydrogen-bond acceptors (Lipinski definition) is 6. The number of para-hydroxylation sites is 1. The number of aryl methyl sites for hydroxylation is 1. The monoisotopic (exact) mass is 476 g/mol.